The Balaban J connectivity index is 1.88. The second-order valence-electron chi connectivity index (χ2n) is 4.83. The molecule has 0 atom stereocenters. The lowest BCUT2D eigenvalue weighted by Gasteiger charge is -2.34. The predicted octanol–water partition coefficient (Wildman–Crippen LogP) is 0.813. The average molecular weight is 309 g/mol. The lowest BCUT2D eigenvalue weighted by Crippen LogP contribution is -2.49. The van der Waals surface area contributed by atoms with Gasteiger partial charge in [0.1, 0.15) is 5.82 Å². The van der Waals surface area contributed by atoms with Crippen molar-refractivity contribution in [3.8, 4) is 0 Å². The van der Waals surface area contributed by atoms with E-state index in [4.69, 9.17) is 9.47 Å². The van der Waals surface area contributed by atoms with Gasteiger partial charge in [-0.2, -0.15) is 4.98 Å². The van der Waals surface area contributed by atoms with E-state index in [0.29, 0.717) is 51.9 Å². The highest BCUT2D eigenvalue weighted by Crippen LogP contribution is 2.13. The minimum absolute atomic E-state index is 0.252. The van der Waals surface area contributed by atoms with E-state index in [1.165, 1.54) is 0 Å². The fourth-order valence-electron chi connectivity index (χ4n) is 2.18. The van der Waals surface area contributed by atoms with Gasteiger partial charge in [0.05, 0.1) is 13.2 Å². The number of ether oxygens (including phenoxy) is 2. The van der Waals surface area contributed by atoms with Crippen molar-refractivity contribution in [2.24, 2.45) is 0 Å². The van der Waals surface area contributed by atoms with Gasteiger partial charge in [-0.1, -0.05) is 0 Å². The van der Waals surface area contributed by atoms with Crippen molar-refractivity contribution in [1.82, 2.24) is 14.9 Å². The summed E-state index contributed by atoms with van der Waals surface area (Å²) in [7, 11) is 1.66. The maximum absolute atomic E-state index is 11.7. The molecular formula is C14H23N5O3. The summed E-state index contributed by atoms with van der Waals surface area (Å²) in [6.07, 6.45) is 1.48. The Morgan fingerprint density at radius 3 is 2.82 bits per heavy atom. The van der Waals surface area contributed by atoms with Gasteiger partial charge in [-0.15, -0.1) is 0 Å². The van der Waals surface area contributed by atoms with Crippen LogP contribution in [0.15, 0.2) is 12.3 Å². The SMILES string of the molecule is CCOC(=O)N1CCN(c2nccc(NCCOC)n2)CC1. The quantitative estimate of drug-likeness (QED) is 0.779. The van der Waals surface area contributed by atoms with Crippen molar-refractivity contribution in [1.29, 1.82) is 0 Å². The number of piperazine rings is 1. The number of carbonyl (C=O) groups excluding carboxylic acids is 1. The van der Waals surface area contributed by atoms with Crippen LogP contribution in [0.1, 0.15) is 6.92 Å². The van der Waals surface area contributed by atoms with Gasteiger partial charge in [0, 0.05) is 46.0 Å². The van der Waals surface area contributed by atoms with E-state index >= 15 is 0 Å². The first-order chi connectivity index (χ1) is 10.7. The van der Waals surface area contributed by atoms with Gasteiger partial charge in [0.2, 0.25) is 5.95 Å². The van der Waals surface area contributed by atoms with E-state index in [1.54, 1.807) is 18.2 Å². The molecule has 0 spiro atoms. The third kappa shape index (κ3) is 4.45. The van der Waals surface area contributed by atoms with E-state index in [0.717, 1.165) is 5.82 Å². The average Bonchev–Trinajstić information content (AvgIpc) is 2.56. The summed E-state index contributed by atoms with van der Waals surface area (Å²) < 4.78 is 10.0. The highest BCUT2D eigenvalue weighted by Gasteiger charge is 2.23. The van der Waals surface area contributed by atoms with Crippen LogP contribution in [0.5, 0.6) is 0 Å². The molecule has 22 heavy (non-hydrogen) atoms. The number of rotatable bonds is 6. The van der Waals surface area contributed by atoms with Gasteiger partial charge in [-0.3, -0.25) is 0 Å². The number of nitrogens with zero attached hydrogens (tertiary/aromatic N) is 4. The molecule has 1 N–H and O–H groups in total. The van der Waals surface area contributed by atoms with Crippen LogP contribution in [0.25, 0.3) is 0 Å². The summed E-state index contributed by atoms with van der Waals surface area (Å²) in [5.74, 6) is 1.45. The number of hydrogen-bond donors (Lipinski definition) is 1. The van der Waals surface area contributed by atoms with Crippen LogP contribution in [-0.2, 0) is 9.47 Å². The summed E-state index contributed by atoms with van der Waals surface area (Å²) in [6, 6.07) is 1.83. The second-order valence-corrected chi connectivity index (χ2v) is 4.83. The van der Waals surface area contributed by atoms with Gasteiger partial charge in [0.25, 0.3) is 0 Å². The largest absolute Gasteiger partial charge is 0.450 e. The first-order valence-electron chi connectivity index (χ1n) is 7.47. The number of amides is 1. The van der Waals surface area contributed by atoms with E-state index < -0.39 is 0 Å². The molecule has 8 heteroatoms. The third-order valence-corrected chi connectivity index (χ3v) is 3.34. The normalized spacial score (nSPS) is 14.8. The van der Waals surface area contributed by atoms with Crippen molar-refractivity contribution in [2.75, 3.05) is 63.3 Å². The molecule has 1 aromatic rings. The molecule has 2 rings (SSSR count). The zero-order chi connectivity index (χ0) is 15.8. The van der Waals surface area contributed by atoms with E-state index in [1.807, 2.05) is 13.0 Å². The molecule has 1 aromatic heterocycles. The smallest absolute Gasteiger partial charge is 0.409 e. The maximum Gasteiger partial charge on any atom is 0.409 e. The van der Waals surface area contributed by atoms with E-state index in [-0.39, 0.29) is 6.09 Å². The van der Waals surface area contributed by atoms with Crippen LogP contribution < -0.4 is 10.2 Å². The van der Waals surface area contributed by atoms with Crippen LogP contribution in [0.2, 0.25) is 0 Å². The minimum Gasteiger partial charge on any atom is -0.450 e. The molecule has 1 aliphatic heterocycles. The number of aromatic nitrogens is 2. The zero-order valence-electron chi connectivity index (χ0n) is 13.1. The first kappa shape index (κ1) is 16.3. The molecule has 1 aliphatic rings. The van der Waals surface area contributed by atoms with Gasteiger partial charge in [-0.05, 0) is 13.0 Å². The number of anilines is 2. The van der Waals surface area contributed by atoms with Crippen molar-refractivity contribution < 1.29 is 14.3 Å². The lowest BCUT2D eigenvalue weighted by molar-refractivity contribution is 0.105. The fraction of sp³-hybridized carbons (Fsp3) is 0.643. The van der Waals surface area contributed by atoms with E-state index in [2.05, 4.69) is 20.2 Å². The molecule has 0 aliphatic carbocycles. The molecule has 122 valence electrons. The van der Waals surface area contributed by atoms with Crippen molar-refractivity contribution in [3.05, 3.63) is 12.3 Å². The maximum atomic E-state index is 11.7. The summed E-state index contributed by atoms with van der Waals surface area (Å²) in [4.78, 5) is 24.2. The molecule has 1 amide bonds. The molecule has 0 radical (unpaired) electrons. The Bertz CT molecular complexity index is 477. The van der Waals surface area contributed by atoms with Gasteiger partial charge >= 0.3 is 6.09 Å². The molecule has 0 unspecified atom stereocenters. The van der Waals surface area contributed by atoms with Crippen molar-refractivity contribution in [2.45, 2.75) is 6.92 Å². The molecule has 1 fully saturated rings. The topological polar surface area (TPSA) is 79.8 Å². The third-order valence-electron chi connectivity index (χ3n) is 3.34. The number of carbonyl (C=O) groups is 1. The molecule has 0 aromatic carbocycles. The van der Waals surface area contributed by atoms with Crippen LogP contribution in [-0.4, -0.2) is 74.0 Å². The fourth-order valence-corrected chi connectivity index (χ4v) is 2.18. The van der Waals surface area contributed by atoms with Crippen LogP contribution in [0.3, 0.4) is 0 Å². The molecule has 1 saturated heterocycles. The Labute approximate surface area is 130 Å². The molecule has 8 nitrogen and oxygen atoms in total. The molecule has 0 bridgehead atoms. The molecule has 0 saturated carbocycles. The zero-order valence-corrected chi connectivity index (χ0v) is 13.1. The van der Waals surface area contributed by atoms with Crippen molar-refractivity contribution in [3.63, 3.8) is 0 Å². The van der Waals surface area contributed by atoms with Crippen LogP contribution in [0, 0.1) is 0 Å². The van der Waals surface area contributed by atoms with Crippen LogP contribution >= 0.6 is 0 Å². The monoisotopic (exact) mass is 309 g/mol. The second kappa shape index (κ2) is 8.38. The van der Waals surface area contributed by atoms with Crippen molar-refractivity contribution >= 4 is 17.9 Å². The van der Waals surface area contributed by atoms with E-state index in [9.17, 15) is 4.79 Å². The summed E-state index contributed by atoms with van der Waals surface area (Å²) in [6.45, 7) is 6.15. The number of methoxy groups -OCH3 is 1. The standard InChI is InChI=1S/C14H23N5O3/c1-3-22-14(20)19-9-7-18(8-10-19)13-16-5-4-12(17-13)15-6-11-21-2/h4-5H,3,6-11H2,1-2H3,(H,15,16,17). The Hall–Kier alpha value is -2.09. The van der Waals surface area contributed by atoms with Gasteiger partial charge < -0.3 is 24.6 Å². The highest BCUT2D eigenvalue weighted by atomic mass is 16.6. The number of nitrogens with one attached hydrogen (secondary N) is 1. The minimum atomic E-state index is -0.252. The Morgan fingerprint density at radius 2 is 2.14 bits per heavy atom. The Morgan fingerprint density at radius 1 is 1.36 bits per heavy atom. The number of hydrogen-bond acceptors (Lipinski definition) is 7. The lowest BCUT2D eigenvalue weighted by atomic mass is 10.3. The predicted molar refractivity (Wildman–Crippen MR) is 83.2 cm³/mol. The highest BCUT2D eigenvalue weighted by molar-refractivity contribution is 5.68. The summed E-state index contributed by atoms with van der Waals surface area (Å²) in [5, 5.41) is 3.18. The molecule has 2 heterocycles. The van der Waals surface area contributed by atoms with Gasteiger partial charge in [-0.25, -0.2) is 9.78 Å². The van der Waals surface area contributed by atoms with Crippen LogP contribution in [0.4, 0.5) is 16.6 Å². The summed E-state index contributed by atoms with van der Waals surface area (Å²) >= 11 is 0. The Kier molecular flexibility index (Phi) is 6.20. The molecular weight excluding hydrogens is 286 g/mol. The summed E-state index contributed by atoms with van der Waals surface area (Å²) in [5.41, 5.74) is 0. The van der Waals surface area contributed by atoms with Gasteiger partial charge in [0.15, 0.2) is 0 Å². The first-order valence-corrected chi connectivity index (χ1v) is 7.47.